The maximum atomic E-state index is 13.8. The minimum absolute atomic E-state index is 0. The van der Waals surface area contributed by atoms with Crippen molar-refractivity contribution in [2.24, 2.45) is 17.8 Å². The van der Waals surface area contributed by atoms with Crippen LogP contribution in [0, 0.1) is 17.8 Å². The lowest BCUT2D eigenvalue weighted by Gasteiger charge is -2.29. The Kier molecular flexibility index (Phi) is 35.1. The number of carbonyl (C=O) groups excluding carboxylic acids is 6. The van der Waals surface area contributed by atoms with Crippen LogP contribution in [0.15, 0.2) is 85.5 Å². The van der Waals surface area contributed by atoms with Gasteiger partial charge in [0.15, 0.2) is 17.1 Å². The highest BCUT2D eigenvalue weighted by atomic mass is 35.5. The van der Waals surface area contributed by atoms with Crippen LogP contribution in [0.4, 0.5) is 0 Å². The van der Waals surface area contributed by atoms with E-state index >= 15 is 0 Å². The Balaban J connectivity index is 0.000000187. The van der Waals surface area contributed by atoms with Crippen molar-refractivity contribution in [3.63, 3.8) is 0 Å². The van der Waals surface area contributed by atoms with Crippen LogP contribution in [0.5, 0.6) is 34.5 Å². The van der Waals surface area contributed by atoms with Gasteiger partial charge in [0.1, 0.15) is 34.5 Å². The molecule has 5 unspecified atom stereocenters. The van der Waals surface area contributed by atoms with E-state index in [1.54, 1.807) is 54.8 Å². The maximum Gasteiger partial charge on any atom is 0.272 e. The normalized spacial score (nSPS) is 20.8. The van der Waals surface area contributed by atoms with E-state index in [1.807, 2.05) is 80.8 Å². The smallest absolute Gasteiger partial charge is 0.272 e. The van der Waals surface area contributed by atoms with E-state index in [1.165, 1.54) is 51.4 Å². The van der Waals surface area contributed by atoms with Crippen molar-refractivity contribution in [2.45, 2.75) is 261 Å². The molecule has 14 rings (SSSR count). The number of aromatic nitrogens is 6. The lowest BCUT2D eigenvalue weighted by atomic mass is 9.93. The largest absolute Gasteiger partial charge is 0.496 e. The van der Waals surface area contributed by atoms with Crippen LogP contribution in [-0.2, 0) is 14.4 Å². The average Bonchev–Trinajstić information content (AvgIpc) is 1.63. The Bertz CT molecular complexity index is 4240. The number of carbonyl (C=O) groups is 6. The second kappa shape index (κ2) is 45.2. The number of nitrogens with one attached hydrogen (secondary N) is 6. The molecule has 0 bridgehead atoms. The van der Waals surface area contributed by atoms with Crippen LogP contribution < -0.4 is 60.3 Å². The second-order valence-electron chi connectivity index (χ2n) is 33.9. The standard InChI is InChI=1S/C33H49N5O4.C32H47N5O4.C26H34N4O4.2ClH/c1-22-14-15-27(23(22)2)38-28(32-29(41-3)12-9-13-30(32)42-4)21-26(36-38)33(40)35-25(16-19-37-17-6-5-7-18-37)20-31(39)34-24-10-8-11-24;1-22-13-14-25(19-22)37-27(31-28(40-2)11-8-12-29(31)41-3)21-26(35-37)32(39)34-24(15-18-36-16-5-4-6-17-36)20-30(38)33-23-9-7-10-23;1-4-17(15-24(31)27-18-9-7-10-18)28-26(32)20-16-21(30(29-20)19-11-5-6-12-19)25-22(33-2)13-8-14-23(25)34-3;;/h9,12-13,21-25,27H,5-8,10-11,14-20H2,1-4H3,(H,34,39)(H,35,40);8,11-12,21-25H,4-7,9-10,13-20H2,1-3H3,(H,33,38)(H,34,39);4,8,13-14,16-19H,1,5-7,9-12,15H2,2-3H3,(H,27,31)(H,28,32);2*1H/t22?,23?,25-,27?;22?,24-,25?;17-;;/m000../s1. The van der Waals surface area contributed by atoms with Crippen LogP contribution in [0.2, 0.25) is 0 Å². The van der Waals surface area contributed by atoms with Gasteiger partial charge in [0.05, 0.1) is 107 Å². The molecule has 2 saturated heterocycles. The highest BCUT2D eigenvalue weighted by Gasteiger charge is 2.38. The van der Waals surface area contributed by atoms with E-state index in [0.717, 1.165) is 189 Å². The van der Waals surface area contributed by atoms with Crippen LogP contribution in [0.25, 0.3) is 33.8 Å². The van der Waals surface area contributed by atoms with Crippen molar-refractivity contribution in [1.82, 2.24) is 71.0 Å². The summed E-state index contributed by atoms with van der Waals surface area (Å²) in [4.78, 5) is 83.9. The van der Waals surface area contributed by atoms with Gasteiger partial charge in [-0.2, -0.15) is 15.3 Å². The zero-order valence-corrected chi connectivity index (χ0v) is 73.3. The summed E-state index contributed by atoms with van der Waals surface area (Å²) in [5, 5.41) is 33.2. The quantitative estimate of drug-likeness (QED) is 0.0205. The van der Waals surface area contributed by atoms with Gasteiger partial charge in [0.2, 0.25) is 17.7 Å². The van der Waals surface area contributed by atoms with Crippen LogP contribution in [0.1, 0.15) is 257 Å². The summed E-state index contributed by atoms with van der Waals surface area (Å²) < 4.78 is 40.2. The number of halogens is 2. The molecule has 26 nitrogen and oxygen atoms in total. The molecule has 0 radical (unpaired) electrons. The zero-order valence-electron chi connectivity index (χ0n) is 71.7. The first-order valence-corrected chi connectivity index (χ1v) is 43.7. The van der Waals surface area contributed by atoms with Gasteiger partial charge in [-0.25, -0.2) is 0 Å². The van der Waals surface area contributed by atoms with Crippen LogP contribution in [-0.4, -0.2) is 193 Å². The number of amides is 6. The number of nitrogens with zero attached hydrogens (tertiary/aromatic N) is 8. The van der Waals surface area contributed by atoms with E-state index < -0.39 is 6.04 Å². The molecule has 28 heteroatoms. The molecule has 5 heterocycles. The molecule has 652 valence electrons. The van der Waals surface area contributed by atoms with Crippen molar-refractivity contribution in [2.75, 3.05) is 81.9 Å². The summed E-state index contributed by atoms with van der Waals surface area (Å²) in [5.74, 6) is 4.71. The van der Waals surface area contributed by atoms with E-state index in [0.29, 0.717) is 69.3 Å². The van der Waals surface area contributed by atoms with Gasteiger partial charge in [0.25, 0.3) is 17.7 Å². The number of piperidine rings is 2. The Morgan fingerprint density at radius 2 is 0.790 bits per heavy atom. The molecule has 6 aromatic rings. The fourth-order valence-corrected chi connectivity index (χ4v) is 18.0. The third-order valence-corrected chi connectivity index (χ3v) is 25.8. The second-order valence-corrected chi connectivity index (χ2v) is 33.9. The average molecular weight is 1690 g/mol. The molecule has 2 aliphatic heterocycles. The Morgan fingerprint density at radius 1 is 0.429 bits per heavy atom. The van der Waals surface area contributed by atoms with Crippen LogP contribution >= 0.6 is 24.8 Å². The Hall–Kier alpha value is -8.85. The van der Waals surface area contributed by atoms with E-state index in [9.17, 15) is 28.8 Å². The third-order valence-electron chi connectivity index (χ3n) is 25.8. The summed E-state index contributed by atoms with van der Waals surface area (Å²) in [6.07, 6.45) is 30.4. The summed E-state index contributed by atoms with van der Waals surface area (Å²) in [6.45, 7) is 16.7. The van der Waals surface area contributed by atoms with E-state index in [-0.39, 0.29) is 128 Å². The van der Waals surface area contributed by atoms with Gasteiger partial charge < -0.3 is 70.1 Å². The summed E-state index contributed by atoms with van der Waals surface area (Å²) >= 11 is 0. The minimum Gasteiger partial charge on any atom is -0.496 e. The monoisotopic (exact) mass is 1680 g/mol. The van der Waals surface area contributed by atoms with Gasteiger partial charge in [-0.05, 0) is 240 Å². The first-order valence-electron chi connectivity index (χ1n) is 43.7. The van der Waals surface area contributed by atoms with Gasteiger partial charge in [0, 0.05) is 56.1 Å². The third kappa shape index (κ3) is 24.1. The molecule has 0 spiro atoms. The van der Waals surface area contributed by atoms with Gasteiger partial charge in [-0.3, -0.25) is 42.8 Å². The van der Waals surface area contributed by atoms with Crippen molar-refractivity contribution < 1.29 is 57.2 Å². The number of hydrogen-bond donors (Lipinski definition) is 6. The number of likely N-dealkylation sites (tertiary alicyclic amines) is 2. The molecule has 6 aliphatic carbocycles. The van der Waals surface area contributed by atoms with Crippen molar-refractivity contribution in [3.05, 3.63) is 103 Å². The van der Waals surface area contributed by atoms with Gasteiger partial charge >= 0.3 is 0 Å². The van der Waals surface area contributed by atoms with Crippen molar-refractivity contribution in [1.29, 1.82) is 0 Å². The highest BCUT2D eigenvalue weighted by Crippen LogP contribution is 2.48. The number of benzene rings is 3. The number of hydrogen-bond acceptors (Lipinski definition) is 17. The predicted octanol–water partition coefficient (Wildman–Crippen LogP) is 15.0. The molecule has 3 aromatic heterocycles. The summed E-state index contributed by atoms with van der Waals surface area (Å²) in [5.41, 5.74) is 5.77. The molecule has 3 aromatic carbocycles. The Labute approximate surface area is 716 Å². The topological polar surface area (TPSA) is 290 Å². The molecule has 6 amide bonds. The molecule has 119 heavy (non-hydrogen) atoms. The predicted molar refractivity (Wildman–Crippen MR) is 468 cm³/mol. The first-order chi connectivity index (χ1) is 56.8. The van der Waals surface area contributed by atoms with Crippen molar-refractivity contribution >= 4 is 60.3 Å². The van der Waals surface area contributed by atoms with Gasteiger partial charge in [-0.15, -0.1) is 31.4 Å². The zero-order chi connectivity index (χ0) is 82.5. The van der Waals surface area contributed by atoms with Crippen molar-refractivity contribution in [3.8, 4) is 68.3 Å². The number of methoxy groups -OCH3 is 6. The van der Waals surface area contributed by atoms with Crippen LogP contribution in [0.3, 0.4) is 0 Å². The molecule has 8 fully saturated rings. The first kappa shape index (κ1) is 92.4. The fraction of sp³-hybridized carbons (Fsp3) is 0.615. The summed E-state index contributed by atoms with van der Waals surface area (Å²) in [6, 6.07) is 22.9. The molecular formula is C91H132Cl2N14O12. The molecule has 6 saturated carbocycles. The number of ether oxygens (including phenoxy) is 6. The molecular weight excluding hydrogens is 1550 g/mol. The molecule has 8 atom stereocenters. The molecule has 8 aliphatic rings. The fourth-order valence-electron chi connectivity index (χ4n) is 18.0. The summed E-state index contributed by atoms with van der Waals surface area (Å²) in [7, 11) is 9.82. The SMILES string of the molecule is C=C[C@@H](CC(=O)NC1CCC1)NC(=O)c1cc(-c2c(OC)cccc2OC)n(C2CCCC2)n1.COc1cccc(OC)c1-c1cc(C(=O)N[C@@H](CCN2CCCCC2)CC(=O)NC2CCC2)nn1C1CCC(C)C1.COc1cccc(OC)c1-c1cc(C(=O)N[C@@H](CCN2CCCCC2)CC(=O)NC2CCC2)nn1C1CCC(C)C1C.Cl.Cl. The minimum atomic E-state index is -0.478. The highest BCUT2D eigenvalue weighted by molar-refractivity contribution is 5.97. The van der Waals surface area contributed by atoms with Gasteiger partial charge in [-0.1, -0.05) is 70.7 Å². The van der Waals surface area contributed by atoms with E-state index in [2.05, 4.69) is 69.1 Å². The lowest BCUT2D eigenvalue weighted by molar-refractivity contribution is -0.123. The Morgan fingerprint density at radius 3 is 1.13 bits per heavy atom. The lowest BCUT2D eigenvalue weighted by Crippen LogP contribution is -2.45. The maximum absolute atomic E-state index is 13.8. The molecule has 6 N–H and O–H groups in total. The number of rotatable bonds is 34. The van der Waals surface area contributed by atoms with E-state index in [4.69, 9.17) is 43.7 Å².